The lowest BCUT2D eigenvalue weighted by atomic mass is 10.0. The van der Waals surface area contributed by atoms with Crippen LogP contribution in [0.4, 0.5) is 4.39 Å². The first-order valence-electron chi connectivity index (χ1n) is 7.92. The summed E-state index contributed by atoms with van der Waals surface area (Å²) in [5.74, 6) is -2.04. The van der Waals surface area contributed by atoms with Gasteiger partial charge in [0.1, 0.15) is 16.5 Å². The monoisotopic (exact) mass is 404 g/mol. The molecule has 0 saturated carbocycles. The van der Waals surface area contributed by atoms with Crippen molar-refractivity contribution in [3.8, 4) is 10.6 Å². The molecule has 8 heteroatoms. The third-order valence-corrected chi connectivity index (χ3v) is 4.89. The number of nitrogens with one attached hydrogen (secondary N) is 1. The third-order valence-electron chi connectivity index (χ3n) is 3.78. The summed E-state index contributed by atoms with van der Waals surface area (Å²) in [6, 6.07) is 12.0. The topological polar surface area (TPSA) is 79.3 Å². The van der Waals surface area contributed by atoms with E-state index < -0.39 is 23.7 Å². The Bertz CT molecular complexity index is 992. The van der Waals surface area contributed by atoms with Crippen molar-refractivity contribution < 1.29 is 19.1 Å². The van der Waals surface area contributed by atoms with Gasteiger partial charge in [-0.25, -0.2) is 9.37 Å². The highest BCUT2D eigenvalue weighted by molar-refractivity contribution is 7.13. The summed E-state index contributed by atoms with van der Waals surface area (Å²) in [6.45, 7) is 0. The maximum absolute atomic E-state index is 13.9. The number of amides is 1. The van der Waals surface area contributed by atoms with Gasteiger partial charge in [0.05, 0.1) is 12.5 Å². The summed E-state index contributed by atoms with van der Waals surface area (Å²) in [5.41, 5.74) is 0.969. The molecule has 0 bridgehead atoms. The van der Waals surface area contributed by atoms with Crippen molar-refractivity contribution in [2.24, 2.45) is 0 Å². The third kappa shape index (κ3) is 4.69. The molecule has 2 aromatic carbocycles. The highest BCUT2D eigenvalue weighted by Crippen LogP contribution is 2.27. The number of carbonyl (C=O) groups is 2. The minimum absolute atomic E-state index is 0.0932. The standard InChI is InChI=1S/C19H14ClFN2O3S/c20-12-5-3-4-11(8-12)15(9-17(24)25)22-18(26)16-10-27-19(23-16)13-6-1-2-7-14(13)21/h1-8,10,15H,9H2,(H,22,26)(H,24,25). The number of aromatic nitrogens is 1. The van der Waals surface area contributed by atoms with E-state index in [1.165, 1.54) is 11.4 Å². The molecule has 1 aromatic heterocycles. The molecule has 5 nitrogen and oxygen atoms in total. The van der Waals surface area contributed by atoms with E-state index in [-0.39, 0.29) is 12.1 Å². The molecule has 2 N–H and O–H groups in total. The Morgan fingerprint density at radius 3 is 2.70 bits per heavy atom. The predicted molar refractivity (Wildman–Crippen MR) is 101 cm³/mol. The van der Waals surface area contributed by atoms with Gasteiger partial charge in [0, 0.05) is 16.0 Å². The van der Waals surface area contributed by atoms with E-state index in [0.29, 0.717) is 21.2 Å². The van der Waals surface area contributed by atoms with Gasteiger partial charge in [-0.15, -0.1) is 11.3 Å². The SMILES string of the molecule is O=C(O)CC(NC(=O)c1csc(-c2ccccc2F)n1)c1cccc(Cl)c1. The van der Waals surface area contributed by atoms with Gasteiger partial charge in [-0.1, -0.05) is 35.9 Å². The van der Waals surface area contributed by atoms with E-state index in [1.54, 1.807) is 42.5 Å². The van der Waals surface area contributed by atoms with Crippen molar-refractivity contribution in [1.29, 1.82) is 0 Å². The second-order valence-electron chi connectivity index (χ2n) is 5.70. The van der Waals surface area contributed by atoms with Crippen LogP contribution in [0.2, 0.25) is 5.02 Å². The van der Waals surface area contributed by atoms with Crippen molar-refractivity contribution in [1.82, 2.24) is 10.3 Å². The maximum atomic E-state index is 13.9. The van der Waals surface area contributed by atoms with Crippen LogP contribution < -0.4 is 5.32 Å². The molecule has 0 radical (unpaired) electrons. The molecule has 0 aliphatic rings. The summed E-state index contributed by atoms with van der Waals surface area (Å²) in [4.78, 5) is 27.9. The van der Waals surface area contributed by atoms with Crippen LogP contribution in [-0.2, 0) is 4.79 Å². The molecule has 0 saturated heterocycles. The Morgan fingerprint density at radius 1 is 1.22 bits per heavy atom. The normalized spacial score (nSPS) is 11.8. The van der Waals surface area contributed by atoms with E-state index in [0.717, 1.165) is 11.3 Å². The molecule has 138 valence electrons. The zero-order valence-electron chi connectivity index (χ0n) is 13.9. The van der Waals surface area contributed by atoms with Crippen LogP contribution in [-0.4, -0.2) is 22.0 Å². The van der Waals surface area contributed by atoms with Gasteiger partial charge in [0.25, 0.3) is 5.91 Å². The minimum Gasteiger partial charge on any atom is -0.481 e. The number of halogens is 2. The molecule has 0 fully saturated rings. The Balaban J connectivity index is 1.82. The Hall–Kier alpha value is -2.77. The second kappa shape index (κ2) is 8.28. The van der Waals surface area contributed by atoms with Gasteiger partial charge in [0.15, 0.2) is 0 Å². The van der Waals surface area contributed by atoms with Crippen molar-refractivity contribution in [2.75, 3.05) is 0 Å². The number of hydrogen-bond donors (Lipinski definition) is 2. The van der Waals surface area contributed by atoms with Crippen molar-refractivity contribution in [2.45, 2.75) is 12.5 Å². The van der Waals surface area contributed by atoms with Crippen LogP contribution in [0.25, 0.3) is 10.6 Å². The number of carbonyl (C=O) groups excluding carboxylic acids is 1. The molecule has 27 heavy (non-hydrogen) atoms. The summed E-state index contributed by atoms with van der Waals surface area (Å²) < 4.78 is 13.9. The highest BCUT2D eigenvalue weighted by Gasteiger charge is 2.21. The van der Waals surface area contributed by atoms with E-state index >= 15 is 0 Å². The number of carboxylic acid groups (broad SMARTS) is 1. The zero-order chi connectivity index (χ0) is 19.4. The number of benzene rings is 2. The number of rotatable bonds is 6. The fraction of sp³-hybridized carbons (Fsp3) is 0.105. The molecule has 0 aliphatic carbocycles. The first-order chi connectivity index (χ1) is 12.9. The van der Waals surface area contributed by atoms with E-state index in [1.807, 2.05) is 0 Å². The number of nitrogens with zero attached hydrogens (tertiary/aromatic N) is 1. The molecule has 3 aromatic rings. The van der Waals surface area contributed by atoms with Crippen molar-refractivity contribution in [3.05, 3.63) is 76.0 Å². The summed E-state index contributed by atoms with van der Waals surface area (Å²) >= 11 is 7.09. The Morgan fingerprint density at radius 2 is 2.00 bits per heavy atom. The van der Waals surface area contributed by atoms with Gasteiger partial charge in [-0.3, -0.25) is 9.59 Å². The smallest absolute Gasteiger partial charge is 0.305 e. The average Bonchev–Trinajstić information content (AvgIpc) is 3.11. The Kier molecular flexibility index (Phi) is 5.83. The van der Waals surface area contributed by atoms with Gasteiger partial charge >= 0.3 is 5.97 Å². The highest BCUT2D eigenvalue weighted by atomic mass is 35.5. The molecule has 1 unspecified atom stereocenters. The van der Waals surface area contributed by atoms with E-state index in [2.05, 4.69) is 10.3 Å². The molecule has 1 amide bonds. The molecular weight excluding hydrogens is 391 g/mol. The zero-order valence-corrected chi connectivity index (χ0v) is 15.4. The fourth-order valence-electron chi connectivity index (χ4n) is 2.52. The molecule has 1 heterocycles. The van der Waals surface area contributed by atoms with Crippen LogP contribution in [0.3, 0.4) is 0 Å². The van der Waals surface area contributed by atoms with E-state index in [9.17, 15) is 14.0 Å². The lowest BCUT2D eigenvalue weighted by Crippen LogP contribution is -2.30. The van der Waals surface area contributed by atoms with Crippen molar-refractivity contribution >= 4 is 34.8 Å². The lowest BCUT2D eigenvalue weighted by Gasteiger charge is -2.17. The largest absolute Gasteiger partial charge is 0.481 e. The second-order valence-corrected chi connectivity index (χ2v) is 6.99. The fourth-order valence-corrected chi connectivity index (χ4v) is 3.54. The Labute approximate surface area is 163 Å². The van der Waals surface area contributed by atoms with Gasteiger partial charge in [-0.05, 0) is 29.8 Å². The van der Waals surface area contributed by atoms with Crippen LogP contribution in [0.5, 0.6) is 0 Å². The molecular formula is C19H14ClFN2O3S. The maximum Gasteiger partial charge on any atom is 0.305 e. The molecule has 0 spiro atoms. The number of hydrogen-bond acceptors (Lipinski definition) is 4. The van der Waals surface area contributed by atoms with E-state index in [4.69, 9.17) is 16.7 Å². The quantitative estimate of drug-likeness (QED) is 0.631. The predicted octanol–water partition coefficient (Wildman–Crippen LogP) is 4.55. The van der Waals surface area contributed by atoms with Gasteiger partial charge < -0.3 is 10.4 Å². The summed E-state index contributed by atoms with van der Waals surface area (Å²) in [5, 5.41) is 14.1. The lowest BCUT2D eigenvalue weighted by molar-refractivity contribution is -0.137. The van der Waals surface area contributed by atoms with Gasteiger partial charge in [0.2, 0.25) is 0 Å². The number of thiazole rings is 1. The first kappa shape index (κ1) is 19.0. The minimum atomic E-state index is -1.06. The molecule has 1 atom stereocenters. The van der Waals surface area contributed by atoms with Crippen LogP contribution in [0, 0.1) is 5.82 Å². The molecule has 0 aliphatic heterocycles. The number of carboxylic acids is 1. The van der Waals surface area contributed by atoms with Crippen LogP contribution in [0.15, 0.2) is 53.9 Å². The van der Waals surface area contributed by atoms with Crippen molar-refractivity contribution in [3.63, 3.8) is 0 Å². The van der Waals surface area contributed by atoms with Crippen LogP contribution >= 0.6 is 22.9 Å². The first-order valence-corrected chi connectivity index (χ1v) is 9.18. The summed E-state index contributed by atoms with van der Waals surface area (Å²) in [7, 11) is 0. The van der Waals surface area contributed by atoms with Gasteiger partial charge in [-0.2, -0.15) is 0 Å². The number of aliphatic carboxylic acids is 1. The average molecular weight is 405 g/mol. The van der Waals surface area contributed by atoms with Crippen LogP contribution in [0.1, 0.15) is 28.5 Å². The summed E-state index contributed by atoms with van der Waals surface area (Å²) in [6.07, 6.45) is -0.309. The molecule has 3 rings (SSSR count).